The van der Waals surface area contributed by atoms with Crippen LogP contribution in [0.15, 0.2) is 12.1 Å². The number of carbonyl (C=O) groups is 1. The van der Waals surface area contributed by atoms with Gasteiger partial charge in [-0.3, -0.25) is 9.80 Å². The molecule has 0 aliphatic rings. The van der Waals surface area contributed by atoms with Gasteiger partial charge in [0.05, 0.1) is 0 Å². The van der Waals surface area contributed by atoms with Gasteiger partial charge in [-0.2, -0.15) is 0 Å². The Morgan fingerprint density at radius 3 is 1.95 bits per heavy atom. The lowest BCUT2D eigenvalue weighted by Crippen LogP contribution is -2.40. The van der Waals surface area contributed by atoms with Crippen LogP contribution in [0.3, 0.4) is 0 Å². The molecule has 1 amide bonds. The quantitative estimate of drug-likeness (QED) is 0.486. The Balaban J connectivity index is 3.29. The molecule has 4 N–H and O–H groups in total. The summed E-state index contributed by atoms with van der Waals surface area (Å²) < 4.78 is 0. The van der Waals surface area contributed by atoms with Gasteiger partial charge in [0.2, 0.25) is 0 Å². The highest BCUT2D eigenvalue weighted by Crippen LogP contribution is 2.29. The number of benzene rings is 1. The molecule has 0 spiro atoms. The first-order chi connectivity index (χ1) is 8.55. The van der Waals surface area contributed by atoms with E-state index >= 15 is 0 Å². The van der Waals surface area contributed by atoms with Crippen molar-refractivity contribution in [2.45, 2.75) is 46.1 Å². The van der Waals surface area contributed by atoms with Crippen LogP contribution in [0.5, 0.6) is 0 Å². The summed E-state index contributed by atoms with van der Waals surface area (Å²) >= 11 is 0. The Hall–Kier alpha value is -1.39. The second-order valence-corrected chi connectivity index (χ2v) is 6.20. The number of hydrogen-bond acceptors (Lipinski definition) is 3. The Bertz CT molecular complexity index is 464. The Morgan fingerprint density at radius 1 is 1.21 bits per heavy atom. The van der Waals surface area contributed by atoms with Crippen LogP contribution in [0.4, 0.5) is 0 Å². The van der Waals surface area contributed by atoms with E-state index in [1.807, 2.05) is 13.8 Å². The number of carbonyl (C=O) groups excluding carboxylic acids is 1. The summed E-state index contributed by atoms with van der Waals surface area (Å²) in [5.41, 5.74) is 10.3. The van der Waals surface area contributed by atoms with Gasteiger partial charge in [-0.25, -0.2) is 5.84 Å². The molecule has 1 aromatic rings. The number of hydrogen-bond donors (Lipinski definition) is 2. The van der Waals surface area contributed by atoms with E-state index in [0.29, 0.717) is 0 Å². The van der Waals surface area contributed by atoms with Crippen molar-refractivity contribution in [1.82, 2.24) is 5.01 Å². The van der Waals surface area contributed by atoms with Crippen molar-refractivity contribution >= 4 is 5.91 Å². The third-order valence-electron chi connectivity index (χ3n) is 3.38. The van der Waals surface area contributed by atoms with E-state index < -0.39 is 6.04 Å². The van der Waals surface area contributed by atoms with Gasteiger partial charge in [0.15, 0.2) is 0 Å². The average Bonchev–Trinajstić information content (AvgIpc) is 2.25. The fourth-order valence-electron chi connectivity index (χ4n) is 2.24. The maximum Gasteiger partial charge on any atom is 0.257 e. The molecule has 0 aliphatic heterocycles. The first-order valence-corrected chi connectivity index (χ1v) is 6.45. The molecule has 0 heterocycles. The smallest absolute Gasteiger partial charge is 0.257 e. The zero-order chi connectivity index (χ0) is 15.0. The molecule has 1 aromatic carbocycles. The molecular weight excluding hydrogens is 238 g/mol. The third kappa shape index (κ3) is 3.33. The van der Waals surface area contributed by atoms with Crippen LogP contribution in [-0.2, 0) is 10.2 Å². The third-order valence-corrected chi connectivity index (χ3v) is 3.38. The van der Waals surface area contributed by atoms with E-state index in [1.165, 1.54) is 12.6 Å². The lowest BCUT2D eigenvalue weighted by molar-refractivity contribution is -0.131. The Labute approximate surface area is 115 Å². The maximum atomic E-state index is 11.9. The molecule has 4 heteroatoms. The topological polar surface area (TPSA) is 72.4 Å². The molecule has 0 aromatic heterocycles. The minimum Gasteiger partial charge on any atom is -0.316 e. The highest BCUT2D eigenvalue weighted by molar-refractivity contribution is 5.83. The molecule has 0 saturated carbocycles. The van der Waals surface area contributed by atoms with Gasteiger partial charge in [-0.1, -0.05) is 32.9 Å². The van der Waals surface area contributed by atoms with E-state index in [9.17, 15) is 4.79 Å². The lowest BCUT2D eigenvalue weighted by atomic mass is 9.82. The molecular formula is C15H25N3O. The molecule has 0 fully saturated rings. The summed E-state index contributed by atoms with van der Waals surface area (Å²) in [7, 11) is 1.51. The SMILES string of the molecule is Cc1cc(C(C)(C)C)cc(C)c1C(N)C(=O)N(C)N. The van der Waals surface area contributed by atoms with Gasteiger partial charge < -0.3 is 5.73 Å². The summed E-state index contributed by atoms with van der Waals surface area (Å²) in [5, 5.41) is 1.04. The number of aryl methyl sites for hydroxylation is 2. The molecule has 0 radical (unpaired) electrons. The molecule has 1 unspecified atom stereocenters. The minimum atomic E-state index is -0.705. The van der Waals surface area contributed by atoms with Crippen molar-refractivity contribution in [3.63, 3.8) is 0 Å². The van der Waals surface area contributed by atoms with Crippen molar-refractivity contribution in [2.24, 2.45) is 11.6 Å². The number of amides is 1. The monoisotopic (exact) mass is 263 g/mol. The summed E-state index contributed by atoms with van der Waals surface area (Å²) in [4.78, 5) is 11.9. The summed E-state index contributed by atoms with van der Waals surface area (Å²) in [6, 6.07) is 3.50. The second kappa shape index (κ2) is 5.31. The molecule has 106 valence electrons. The van der Waals surface area contributed by atoms with E-state index in [4.69, 9.17) is 11.6 Å². The van der Waals surface area contributed by atoms with E-state index in [1.54, 1.807) is 0 Å². The first kappa shape index (κ1) is 15.7. The lowest BCUT2D eigenvalue weighted by Gasteiger charge is -2.25. The number of nitrogens with two attached hydrogens (primary N) is 2. The van der Waals surface area contributed by atoms with Crippen LogP contribution in [0.25, 0.3) is 0 Å². The van der Waals surface area contributed by atoms with Gasteiger partial charge in [-0.05, 0) is 41.5 Å². The van der Waals surface area contributed by atoms with Crippen molar-refractivity contribution in [1.29, 1.82) is 0 Å². The van der Waals surface area contributed by atoms with Crippen molar-refractivity contribution in [2.75, 3.05) is 7.05 Å². The minimum absolute atomic E-state index is 0.0762. The average molecular weight is 263 g/mol. The fourth-order valence-corrected chi connectivity index (χ4v) is 2.24. The fraction of sp³-hybridized carbons (Fsp3) is 0.533. The maximum absolute atomic E-state index is 11.9. The van der Waals surface area contributed by atoms with Crippen molar-refractivity contribution in [3.8, 4) is 0 Å². The zero-order valence-corrected chi connectivity index (χ0v) is 12.7. The molecule has 19 heavy (non-hydrogen) atoms. The summed E-state index contributed by atoms with van der Waals surface area (Å²) in [6.07, 6.45) is 0. The molecule has 0 bridgehead atoms. The molecule has 1 rings (SSSR count). The summed E-state index contributed by atoms with van der Waals surface area (Å²) in [6.45, 7) is 10.5. The number of nitrogens with zero attached hydrogens (tertiary/aromatic N) is 1. The van der Waals surface area contributed by atoms with Crippen LogP contribution in [0.1, 0.15) is 49.1 Å². The van der Waals surface area contributed by atoms with Crippen LogP contribution >= 0.6 is 0 Å². The Kier molecular flexibility index (Phi) is 4.38. The standard InChI is InChI=1S/C15H25N3O/c1-9-7-11(15(3,4)5)8-10(2)12(9)13(16)14(19)18(6)17/h7-8,13H,16-17H2,1-6H3. The number of hydrazine groups is 1. The predicted molar refractivity (Wildman–Crippen MR) is 78.5 cm³/mol. The van der Waals surface area contributed by atoms with Gasteiger partial charge in [0.1, 0.15) is 6.04 Å². The summed E-state index contributed by atoms with van der Waals surface area (Å²) in [5.74, 6) is 5.19. The van der Waals surface area contributed by atoms with E-state index in [2.05, 4.69) is 32.9 Å². The van der Waals surface area contributed by atoms with E-state index in [0.717, 1.165) is 21.7 Å². The van der Waals surface area contributed by atoms with Crippen LogP contribution in [0.2, 0.25) is 0 Å². The van der Waals surface area contributed by atoms with Gasteiger partial charge in [0, 0.05) is 7.05 Å². The Morgan fingerprint density at radius 2 is 1.63 bits per heavy atom. The largest absolute Gasteiger partial charge is 0.316 e. The van der Waals surface area contributed by atoms with Crippen molar-refractivity contribution < 1.29 is 4.79 Å². The van der Waals surface area contributed by atoms with Crippen LogP contribution < -0.4 is 11.6 Å². The molecule has 0 saturated heterocycles. The highest BCUT2D eigenvalue weighted by Gasteiger charge is 2.24. The van der Waals surface area contributed by atoms with Gasteiger partial charge >= 0.3 is 0 Å². The van der Waals surface area contributed by atoms with Crippen molar-refractivity contribution in [3.05, 3.63) is 34.4 Å². The zero-order valence-electron chi connectivity index (χ0n) is 12.7. The number of likely N-dealkylation sites (N-methyl/N-ethyl adjacent to an activating group) is 1. The van der Waals surface area contributed by atoms with Crippen LogP contribution in [0, 0.1) is 13.8 Å². The van der Waals surface area contributed by atoms with Crippen LogP contribution in [-0.4, -0.2) is 18.0 Å². The first-order valence-electron chi connectivity index (χ1n) is 6.45. The normalized spacial score (nSPS) is 13.3. The molecule has 1 atom stereocenters. The van der Waals surface area contributed by atoms with E-state index in [-0.39, 0.29) is 11.3 Å². The second-order valence-electron chi connectivity index (χ2n) is 6.20. The number of rotatable bonds is 2. The van der Waals surface area contributed by atoms with Gasteiger partial charge in [0.25, 0.3) is 5.91 Å². The molecule has 0 aliphatic carbocycles. The van der Waals surface area contributed by atoms with Gasteiger partial charge in [-0.15, -0.1) is 0 Å². The highest BCUT2D eigenvalue weighted by atomic mass is 16.2. The molecule has 4 nitrogen and oxygen atoms in total. The predicted octanol–water partition coefficient (Wildman–Crippen LogP) is 1.93.